The zero-order valence-electron chi connectivity index (χ0n) is 21.2. The Morgan fingerprint density at radius 1 is 1.05 bits per heavy atom. The molecule has 0 N–H and O–H groups in total. The van der Waals surface area contributed by atoms with Gasteiger partial charge in [0.15, 0.2) is 0 Å². The van der Waals surface area contributed by atoms with Gasteiger partial charge in [0, 0.05) is 60.9 Å². The van der Waals surface area contributed by atoms with E-state index >= 15 is 0 Å². The zero-order valence-corrected chi connectivity index (χ0v) is 22.8. The maximum Gasteiger partial charge on any atom is 0.227 e. The largest absolute Gasteiger partial charge is 0.336 e. The Balaban J connectivity index is 1.52. The van der Waals surface area contributed by atoms with Crippen molar-refractivity contribution >= 4 is 40.4 Å². The average Bonchev–Trinajstić information content (AvgIpc) is 3.40. The first-order valence-electron chi connectivity index (χ1n) is 13.0. The quantitative estimate of drug-likeness (QED) is 0.439. The number of hydrogen-bond acceptors (Lipinski definition) is 5. The summed E-state index contributed by atoms with van der Waals surface area (Å²) in [5.74, 6) is 0.0762. The van der Waals surface area contributed by atoms with Gasteiger partial charge in [0.2, 0.25) is 11.8 Å². The molecular formula is C29H33ClN4O2S. The molecule has 2 bridgehead atoms. The highest BCUT2D eigenvalue weighted by atomic mass is 35.5. The predicted octanol–water partition coefficient (Wildman–Crippen LogP) is 5.55. The van der Waals surface area contributed by atoms with Crippen molar-refractivity contribution in [1.29, 1.82) is 0 Å². The Morgan fingerprint density at radius 3 is 2.62 bits per heavy atom. The molecule has 2 aromatic carbocycles. The highest BCUT2D eigenvalue weighted by Crippen LogP contribution is 2.32. The Morgan fingerprint density at radius 2 is 1.84 bits per heavy atom. The van der Waals surface area contributed by atoms with Crippen molar-refractivity contribution < 1.29 is 9.59 Å². The van der Waals surface area contributed by atoms with E-state index in [4.69, 9.17) is 11.6 Å². The highest BCUT2D eigenvalue weighted by molar-refractivity contribution is 7.09. The summed E-state index contributed by atoms with van der Waals surface area (Å²) in [6, 6.07) is 16.1. The fourth-order valence-electron chi connectivity index (χ4n) is 5.74. The first kappa shape index (κ1) is 25.9. The SMILES string of the molecule is CC(=O)N1CCC2CCCC(CN(C(=O)Cc3ccccc3Cl)Cc3ccccc31)N2Cc1nccs1. The Labute approximate surface area is 227 Å². The number of carbonyl (C=O) groups excluding carboxylic acids is 2. The van der Waals surface area contributed by atoms with Crippen LogP contribution < -0.4 is 4.90 Å². The summed E-state index contributed by atoms with van der Waals surface area (Å²) in [6.45, 7) is 4.15. The summed E-state index contributed by atoms with van der Waals surface area (Å²) in [5, 5.41) is 3.72. The van der Waals surface area contributed by atoms with Crippen LogP contribution in [0.4, 0.5) is 5.69 Å². The molecular weight excluding hydrogens is 504 g/mol. The van der Waals surface area contributed by atoms with Crippen molar-refractivity contribution in [2.45, 2.75) is 64.2 Å². The molecule has 2 amide bonds. The Kier molecular flexibility index (Phi) is 8.23. The smallest absolute Gasteiger partial charge is 0.227 e. The van der Waals surface area contributed by atoms with Crippen LogP contribution in [0, 0.1) is 0 Å². The van der Waals surface area contributed by atoms with E-state index in [1.165, 1.54) is 0 Å². The third-order valence-electron chi connectivity index (χ3n) is 7.61. The molecule has 1 saturated heterocycles. The molecule has 2 unspecified atom stereocenters. The lowest BCUT2D eigenvalue weighted by Crippen LogP contribution is -2.52. The number of fused-ring (bicyclic) bond motifs is 3. The third-order valence-corrected chi connectivity index (χ3v) is 8.74. The minimum absolute atomic E-state index is 0.0273. The van der Waals surface area contributed by atoms with E-state index in [1.807, 2.05) is 69.9 Å². The number of benzene rings is 2. The van der Waals surface area contributed by atoms with Gasteiger partial charge in [0.25, 0.3) is 0 Å². The van der Waals surface area contributed by atoms with Crippen LogP contribution in [0.15, 0.2) is 60.1 Å². The van der Waals surface area contributed by atoms with Crippen LogP contribution in [0.2, 0.25) is 5.02 Å². The van der Waals surface area contributed by atoms with Gasteiger partial charge in [0.1, 0.15) is 5.01 Å². The normalized spacial score (nSPS) is 20.7. The average molecular weight is 537 g/mol. The van der Waals surface area contributed by atoms with E-state index in [2.05, 4.69) is 9.88 Å². The van der Waals surface area contributed by atoms with Crippen LogP contribution in [0.5, 0.6) is 0 Å². The van der Waals surface area contributed by atoms with Gasteiger partial charge in [-0.05, 0) is 42.5 Å². The second-order valence-electron chi connectivity index (χ2n) is 9.97. The van der Waals surface area contributed by atoms with E-state index in [9.17, 15) is 9.59 Å². The van der Waals surface area contributed by atoms with Gasteiger partial charge in [-0.1, -0.05) is 54.4 Å². The van der Waals surface area contributed by atoms with Crippen LogP contribution >= 0.6 is 22.9 Å². The van der Waals surface area contributed by atoms with E-state index in [1.54, 1.807) is 18.3 Å². The first-order chi connectivity index (χ1) is 18.0. The lowest BCUT2D eigenvalue weighted by Gasteiger charge is -2.43. The van der Waals surface area contributed by atoms with Crippen molar-refractivity contribution in [2.75, 3.05) is 18.0 Å². The molecule has 6 nitrogen and oxygen atoms in total. The summed E-state index contributed by atoms with van der Waals surface area (Å²) < 4.78 is 0. The minimum atomic E-state index is 0.0273. The number of rotatable bonds is 4. The topological polar surface area (TPSA) is 56.8 Å². The number of amides is 2. The van der Waals surface area contributed by atoms with E-state index in [0.29, 0.717) is 30.7 Å². The van der Waals surface area contributed by atoms with Gasteiger partial charge in [-0.25, -0.2) is 4.98 Å². The lowest BCUT2D eigenvalue weighted by molar-refractivity contribution is -0.132. The molecule has 2 aliphatic heterocycles. The molecule has 1 fully saturated rings. The van der Waals surface area contributed by atoms with Crippen LogP contribution in [0.1, 0.15) is 48.7 Å². The van der Waals surface area contributed by atoms with E-state index < -0.39 is 0 Å². The van der Waals surface area contributed by atoms with Crippen LogP contribution in [0.25, 0.3) is 0 Å². The molecule has 0 aliphatic carbocycles. The number of thiazole rings is 1. The molecule has 2 atom stereocenters. The van der Waals surface area contributed by atoms with Gasteiger partial charge < -0.3 is 9.80 Å². The van der Waals surface area contributed by atoms with Gasteiger partial charge in [-0.2, -0.15) is 0 Å². The molecule has 5 rings (SSSR count). The van der Waals surface area contributed by atoms with E-state index in [0.717, 1.165) is 54.0 Å². The Bertz CT molecular complexity index is 1230. The van der Waals surface area contributed by atoms with Crippen molar-refractivity contribution in [3.63, 3.8) is 0 Å². The molecule has 1 aromatic heterocycles. The third kappa shape index (κ3) is 6.06. The first-order valence-corrected chi connectivity index (χ1v) is 14.3. The van der Waals surface area contributed by atoms with E-state index in [-0.39, 0.29) is 24.3 Å². The molecule has 0 spiro atoms. The second kappa shape index (κ2) is 11.8. The molecule has 3 heterocycles. The van der Waals surface area contributed by atoms with Gasteiger partial charge in [-0.3, -0.25) is 14.5 Å². The summed E-state index contributed by atoms with van der Waals surface area (Å²) >= 11 is 8.10. The highest BCUT2D eigenvalue weighted by Gasteiger charge is 2.35. The number of aromatic nitrogens is 1. The van der Waals surface area contributed by atoms with Crippen LogP contribution in [-0.2, 0) is 29.1 Å². The predicted molar refractivity (Wildman–Crippen MR) is 149 cm³/mol. The standard InChI is InChI=1S/C29H33ClN4O2S/c1-21(35)33-15-13-24-9-6-10-25(34(24)20-28-31-14-16-37-28)19-32(18-23-8-3-5-12-27(23)33)29(36)17-22-7-2-4-11-26(22)30/h2-5,7-8,11-12,14,16,24-25H,6,9-10,13,15,17-20H2,1H3. The van der Waals surface area contributed by atoms with Crippen molar-refractivity contribution in [2.24, 2.45) is 0 Å². The summed E-state index contributed by atoms with van der Waals surface area (Å²) in [7, 11) is 0. The summed E-state index contributed by atoms with van der Waals surface area (Å²) in [4.78, 5) is 37.6. The van der Waals surface area contributed by atoms with Crippen LogP contribution in [-0.4, -0.2) is 51.8 Å². The maximum atomic E-state index is 13.8. The molecule has 8 heteroatoms. The maximum absolute atomic E-state index is 13.8. The molecule has 37 heavy (non-hydrogen) atoms. The molecule has 2 aliphatic rings. The number of hydrogen-bond donors (Lipinski definition) is 0. The lowest BCUT2D eigenvalue weighted by atomic mass is 9.92. The van der Waals surface area contributed by atoms with Crippen molar-refractivity contribution in [1.82, 2.24) is 14.8 Å². The number of carbonyl (C=O) groups is 2. The van der Waals surface area contributed by atoms with Crippen LogP contribution in [0.3, 0.4) is 0 Å². The monoisotopic (exact) mass is 536 g/mol. The molecule has 0 saturated carbocycles. The number of piperidine rings is 1. The van der Waals surface area contributed by atoms with Gasteiger partial charge in [0.05, 0.1) is 13.0 Å². The number of nitrogens with zero attached hydrogens (tertiary/aromatic N) is 4. The summed E-state index contributed by atoms with van der Waals surface area (Å²) in [5.41, 5.74) is 2.73. The fourth-order valence-corrected chi connectivity index (χ4v) is 6.56. The molecule has 3 aromatic rings. The number of halogens is 1. The number of anilines is 1. The fraction of sp³-hybridized carbons (Fsp3) is 0.414. The second-order valence-corrected chi connectivity index (χ2v) is 11.4. The molecule has 0 radical (unpaired) electrons. The zero-order chi connectivity index (χ0) is 25.8. The minimum Gasteiger partial charge on any atom is -0.336 e. The van der Waals surface area contributed by atoms with Crippen molar-refractivity contribution in [3.05, 3.63) is 81.3 Å². The van der Waals surface area contributed by atoms with Gasteiger partial charge >= 0.3 is 0 Å². The molecule has 194 valence electrons. The van der Waals surface area contributed by atoms with Gasteiger partial charge in [-0.15, -0.1) is 11.3 Å². The Hall–Kier alpha value is -2.74. The van der Waals surface area contributed by atoms with Crippen molar-refractivity contribution in [3.8, 4) is 0 Å². The number of para-hydroxylation sites is 1. The summed E-state index contributed by atoms with van der Waals surface area (Å²) in [6.07, 6.45) is 6.24.